The Kier molecular flexibility index (Phi) is 2.52. The summed E-state index contributed by atoms with van der Waals surface area (Å²) in [6.45, 7) is 0.747. The van der Waals surface area contributed by atoms with E-state index in [-0.39, 0.29) is 17.2 Å². The Balaban J connectivity index is 2.12. The van der Waals surface area contributed by atoms with Gasteiger partial charge in [0.2, 0.25) is 0 Å². The first-order valence-electron chi connectivity index (χ1n) is 5.48. The van der Waals surface area contributed by atoms with Crippen molar-refractivity contribution >= 4 is 5.97 Å². The Morgan fingerprint density at radius 1 is 1.21 bits per heavy atom. The minimum absolute atomic E-state index is 0.0347. The molecule has 0 bridgehead atoms. The summed E-state index contributed by atoms with van der Waals surface area (Å²) >= 11 is 0. The first-order valence-corrected chi connectivity index (χ1v) is 5.48. The number of phenols is 1. The van der Waals surface area contributed by atoms with Crippen molar-refractivity contribution in [1.82, 2.24) is 5.16 Å². The molecule has 0 amide bonds. The molecule has 7 heteroatoms. The van der Waals surface area contributed by atoms with E-state index in [1.807, 2.05) is 0 Å². The molecule has 2 N–H and O–H groups in total. The predicted octanol–water partition coefficient (Wildman–Crippen LogP) is 1.52. The van der Waals surface area contributed by atoms with Crippen LogP contribution in [-0.2, 0) is 0 Å². The molecule has 2 heterocycles. The molecule has 0 fully saturated rings. The molecule has 0 atom stereocenters. The van der Waals surface area contributed by atoms with E-state index in [1.54, 1.807) is 0 Å². The zero-order valence-corrected chi connectivity index (χ0v) is 9.62. The lowest BCUT2D eigenvalue weighted by atomic mass is 10.1. The first-order chi connectivity index (χ1) is 9.15. The quantitative estimate of drug-likeness (QED) is 0.846. The molecule has 19 heavy (non-hydrogen) atoms. The van der Waals surface area contributed by atoms with Crippen LogP contribution in [0.2, 0.25) is 0 Å². The summed E-state index contributed by atoms with van der Waals surface area (Å²) in [5.74, 6) is -0.254. The standard InChI is InChI=1S/C12H9NO6/c14-6-3-7(9-5-8(12(15)16)13-19-9)11-10(4-6)17-1-2-18-11/h3-5,14H,1-2H2,(H,15,16). The highest BCUT2D eigenvalue weighted by Crippen LogP contribution is 2.43. The van der Waals surface area contributed by atoms with Crippen molar-refractivity contribution in [2.45, 2.75) is 0 Å². The lowest BCUT2D eigenvalue weighted by Gasteiger charge is -2.20. The maximum absolute atomic E-state index is 10.8. The van der Waals surface area contributed by atoms with Gasteiger partial charge in [-0.15, -0.1) is 0 Å². The number of carbonyl (C=O) groups is 1. The molecular formula is C12H9NO6. The summed E-state index contributed by atoms with van der Waals surface area (Å²) < 4.78 is 15.8. The highest BCUT2D eigenvalue weighted by Gasteiger charge is 2.22. The lowest BCUT2D eigenvalue weighted by Crippen LogP contribution is -2.15. The van der Waals surface area contributed by atoms with Gasteiger partial charge in [-0.25, -0.2) is 4.79 Å². The Morgan fingerprint density at radius 3 is 2.74 bits per heavy atom. The third-order valence-corrected chi connectivity index (χ3v) is 2.62. The van der Waals surface area contributed by atoms with E-state index in [2.05, 4.69) is 5.16 Å². The molecular weight excluding hydrogens is 254 g/mol. The van der Waals surface area contributed by atoms with Gasteiger partial charge in [0.15, 0.2) is 23.0 Å². The van der Waals surface area contributed by atoms with Crippen LogP contribution in [0.1, 0.15) is 10.5 Å². The molecule has 0 spiro atoms. The number of benzene rings is 1. The average molecular weight is 263 g/mol. The number of carboxylic acids is 1. The Bertz CT molecular complexity index is 648. The Labute approximate surface area is 107 Å². The zero-order chi connectivity index (χ0) is 13.4. The Morgan fingerprint density at radius 2 is 2.00 bits per heavy atom. The highest BCUT2D eigenvalue weighted by atomic mass is 16.6. The SMILES string of the molecule is O=C(O)c1cc(-c2cc(O)cc3c2OCCO3)on1. The maximum atomic E-state index is 10.8. The van der Waals surface area contributed by atoms with Gasteiger partial charge in [-0.3, -0.25) is 0 Å². The highest BCUT2D eigenvalue weighted by molar-refractivity contribution is 5.87. The second-order valence-electron chi connectivity index (χ2n) is 3.90. The molecule has 0 saturated carbocycles. The molecule has 1 aromatic carbocycles. The van der Waals surface area contributed by atoms with E-state index in [0.717, 1.165) is 0 Å². The van der Waals surface area contributed by atoms with Crippen molar-refractivity contribution in [3.05, 3.63) is 23.9 Å². The van der Waals surface area contributed by atoms with Crippen LogP contribution in [0.3, 0.4) is 0 Å². The van der Waals surface area contributed by atoms with Gasteiger partial charge in [-0.05, 0) is 6.07 Å². The van der Waals surface area contributed by atoms with Crippen LogP contribution in [0.5, 0.6) is 17.2 Å². The number of hydrogen-bond acceptors (Lipinski definition) is 6. The van der Waals surface area contributed by atoms with E-state index in [4.69, 9.17) is 19.1 Å². The van der Waals surface area contributed by atoms with Gasteiger partial charge >= 0.3 is 5.97 Å². The Hall–Kier alpha value is -2.70. The molecule has 0 unspecified atom stereocenters. The number of carboxylic acid groups (broad SMARTS) is 1. The molecule has 0 radical (unpaired) electrons. The third-order valence-electron chi connectivity index (χ3n) is 2.62. The number of aromatic hydroxyl groups is 1. The van der Waals surface area contributed by atoms with Crippen LogP contribution < -0.4 is 9.47 Å². The average Bonchev–Trinajstić information content (AvgIpc) is 2.87. The first kappa shape index (κ1) is 11.4. The number of rotatable bonds is 2. The van der Waals surface area contributed by atoms with Crippen molar-refractivity contribution in [3.8, 4) is 28.6 Å². The van der Waals surface area contributed by atoms with E-state index >= 15 is 0 Å². The minimum Gasteiger partial charge on any atom is -0.508 e. The maximum Gasteiger partial charge on any atom is 0.358 e. The lowest BCUT2D eigenvalue weighted by molar-refractivity contribution is 0.0686. The van der Waals surface area contributed by atoms with Crippen LogP contribution in [0.25, 0.3) is 11.3 Å². The van der Waals surface area contributed by atoms with Crippen LogP contribution in [0.4, 0.5) is 0 Å². The molecule has 1 aliphatic rings. The molecule has 0 saturated heterocycles. The smallest absolute Gasteiger partial charge is 0.358 e. The van der Waals surface area contributed by atoms with Crippen molar-refractivity contribution < 1.29 is 29.0 Å². The number of aromatic nitrogens is 1. The number of nitrogens with zero attached hydrogens (tertiary/aromatic N) is 1. The van der Waals surface area contributed by atoms with Gasteiger partial charge in [-0.2, -0.15) is 0 Å². The van der Waals surface area contributed by atoms with Gasteiger partial charge in [-0.1, -0.05) is 5.16 Å². The van der Waals surface area contributed by atoms with E-state index < -0.39 is 5.97 Å². The van der Waals surface area contributed by atoms with Crippen molar-refractivity contribution in [2.75, 3.05) is 13.2 Å². The van der Waals surface area contributed by atoms with Crippen molar-refractivity contribution in [2.24, 2.45) is 0 Å². The summed E-state index contributed by atoms with van der Waals surface area (Å²) in [6, 6.07) is 4.08. The molecule has 98 valence electrons. The predicted molar refractivity (Wildman–Crippen MR) is 61.6 cm³/mol. The summed E-state index contributed by atoms with van der Waals surface area (Å²) in [6.07, 6.45) is 0. The van der Waals surface area contributed by atoms with Crippen LogP contribution >= 0.6 is 0 Å². The van der Waals surface area contributed by atoms with Gasteiger partial charge in [0.05, 0.1) is 5.56 Å². The normalized spacial score (nSPS) is 13.3. The van der Waals surface area contributed by atoms with E-state index in [0.29, 0.717) is 30.3 Å². The fraction of sp³-hybridized carbons (Fsp3) is 0.167. The molecule has 0 aliphatic carbocycles. The molecule has 3 rings (SSSR count). The second kappa shape index (κ2) is 4.20. The topological polar surface area (TPSA) is 102 Å². The molecule has 2 aromatic rings. The number of aromatic carboxylic acids is 1. The summed E-state index contributed by atoms with van der Waals surface area (Å²) in [5, 5.41) is 21.9. The van der Waals surface area contributed by atoms with Crippen molar-refractivity contribution in [1.29, 1.82) is 0 Å². The third kappa shape index (κ3) is 1.95. The summed E-state index contributed by atoms with van der Waals surface area (Å²) in [5.41, 5.74) is 0.179. The van der Waals surface area contributed by atoms with Crippen LogP contribution in [0, 0.1) is 0 Å². The fourth-order valence-electron chi connectivity index (χ4n) is 1.83. The van der Waals surface area contributed by atoms with Crippen LogP contribution in [0.15, 0.2) is 22.7 Å². The number of fused-ring (bicyclic) bond motifs is 1. The van der Waals surface area contributed by atoms with Gasteiger partial charge in [0.1, 0.15) is 19.0 Å². The number of ether oxygens (including phenoxy) is 2. The van der Waals surface area contributed by atoms with Gasteiger partial charge < -0.3 is 24.2 Å². The van der Waals surface area contributed by atoms with Crippen molar-refractivity contribution in [3.63, 3.8) is 0 Å². The largest absolute Gasteiger partial charge is 0.508 e. The van der Waals surface area contributed by atoms with Gasteiger partial charge in [0, 0.05) is 12.1 Å². The minimum atomic E-state index is -1.19. The van der Waals surface area contributed by atoms with E-state index in [1.165, 1.54) is 18.2 Å². The fourth-order valence-corrected chi connectivity index (χ4v) is 1.83. The zero-order valence-electron chi connectivity index (χ0n) is 9.62. The summed E-state index contributed by atoms with van der Waals surface area (Å²) in [4.78, 5) is 10.8. The molecule has 1 aliphatic heterocycles. The molecule has 7 nitrogen and oxygen atoms in total. The van der Waals surface area contributed by atoms with Crippen LogP contribution in [-0.4, -0.2) is 34.6 Å². The molecule has 1 aromatic heterocycles. The van der Waals surface area contributed by atoms with Gasteiger partial charge in [0.25, 0.3) is 0 Å². The number of phenolic OH excluding ortho intramolecular Hbond substituents is 1. The summed E-state index contributed by atoms with van der Waals surface area (Å²) in [7, 11) is 0. The monoisotopic (exact) mass is 263 g/mol. The number of hydrogen-bond donors (Lipinski definition) is 2. The second-order valence-corrected chi connectivity index (χ2v) is 3.90. The van der Waals surface area contributed by atoms with E-state index in [9.17, 15) is 9.90 Å².